The predicted molar refractivity (Wildman–Crippen MR) is 85.4 cm³/mol. The third-order valence-corrected chi connectivity index (χ3v) is 4.34. The molecule has 0 aromatic carbocycles. The van der Waals surface area contributed by atoms with Crippen molar-refractivity contribution in [3.63, 3.8) is 0 Å². The van der Waals surface area contributed by atoms with E-state index in [-0.39, 0.29) is 5.91 Å². The lowest BCUT2D eigenvalue weighted by Crippen LogP contribution is -2.50. The Balaban J connectivity index is 1.62. The van der Waals surface area contributed by atoms with Crippen LogP contribution in [-0.4, -0.2) is 63.1 Å². The van der Waals surface area contributed by atoms with Crippen LogP contribution in [0.3, 0.4) is 0 Å². The van der Waals surface area contributed by atoms with Gasteiger partial charge >= 0.3 is 0 Å². The SMILES string of the molecule is CN=C(NCCC1CC1)NC1CCN(CC(=O)NC)CC1. The molecule has 0 spiro atoms. The molecule has 0 atom stereocenters. The highest BCUT2D eigenvalue weighted by atomic mass is 16.1. The maximum atomic E-state index is 11.4. The smallest absolute Gasteiger partial charge is 0.233 e. The number of piperidine rings is 1. The molecular formula is C15H29N5O. The van der Waals surface area contributed by atoms with E-state index in [1.807, 2.05) is 7.05 Å². The van der Waals surface area contributed by atoms with Gasteiger partial charge in [-0.1, -0.05) is 12.8 Å². The molecule has 120 valence electrons. The van der Waals surface area contributed by atoms with Crippen molar-refractivity contribution in [3.05, 3.63) is 0 Å². The second-order valence-electron chi connectivity index (χ2n) is 6.10. The summed E-state index contributed by atoms with van der Waals surface area (Å²) in [4.78, 5) is 17.9. The van der Waals surface area contributed by atoms with Crippen LogP contribution in [-0.2, 0) is 4.79 Å². The number of hydrogen-bond donors (Lipinski definition) is 3. The Kier molecular flexibility index (Phi) is 6.29. The molecule has 6 heteroatoms. The van der Waals surface area contributed by atoms with E-state index < -0.39 is 0 Å². The molecule has 1 heterocycles. The number of likely N-dealkylation sites (tertiary alicyclic amines) is 1. The van der Waals surface area contributed by atoms with Crippen molar-refractivity contribution in [1.29, 1.82) is 0 Å². The van der Waals surface area contributed by atoms with Gasteiger partial charge in [-0.2, -0.15) is 0 Å². The first kappa shape index (κ1) is 16.1. The lowest BCUT2D eigenvalue weighted by molar-refractivity contribution is -0.122. The Morgan fingerprint density at radius 2 is 1.95 bits per heavy atom. The monoisotopic (exact) mass is 295 g/mol. The van der Waals surface area contributed by atoms with E-state index in [4.69, 9.17) is 0 Å². The fourth-order valence-corrected chi connectivity index (χ4v) is 2.71. The van der Waals surface area contributed by atoms with Gasteiger partial charge in [-0.25, -0.2) is 0 Å². The van der Waals surface area contributed by atoms with Gasteiger partial charge in [0.1, 0.15) is 0 Å². The van der Waals surface area contributed by atoms with Crippen LogP contribution in [0.4, 0.5) is 0 Å². The van der Waals surface area contributed by atoms with Crippen molar-refractivity contribution in [2.24, 2.45) is 10.9 Å². The highest BCUT2D eigenvalue weighted by Gasteiger charge is 2.22. The molecule has 21 heavy (non-hydrogen) atoms. The number of amides is 1. The molecule has 0 aromatic heterocycles. The topological polar surface area (TPSA) is 68.8 Å². The average molecular weight is 295 g/mol. The zero-order valence-corrected chi connectivity index (χ0v) is 13.3. The summed E-state index contributed by atoms with van der Waals surface area (Å²) < 4.78 is 0. The van der Waals surface area contributed by atoms with Crippen molar-refractivity contribution < 1.29 is 4.79 Å². The van der Waals surface area contributed by atoms with Gasteiger partial charge in [-0.15, -0.1) is 0 Å². The maximum absolute atomic E-state index is 11.4. The van der Waals surface area contributed by atoms with E-state index >= 15 is 0 Å². The average Bonchev–Trinajstić information content (AvgIpc) is 3.32. The number of guanidine groups is 1. The third-order valence-electron chi connectivity index (χ3n) is 4.34. The number of likely N-dealkylation sites (N-methyl/N-ethyl adjacent to an activating group) is 1. The molecular weight excluding hydrogens is 266 g/mol. The number of aliphatic imine (C=N–C) groups is 1. The zero-order valence-electron chi connectivity index (χ0n) is 13.3. The second kappa shape index (κ2) is 8.22. The first-order valence-electron chi connectivity index (χ1n) is 8.11. The highest BCUT2D eigenvalue weighted by molar-refractivity contribution is 5.80. The number of carbonyl (C=O) groups is 1. The summed E-state index contributed by atoms with van der Waals surface area (Å²) in [6.45, 7) is 3.45. The molecule has 3 N–H and O–H groups in total. The minimum Gasteiger partial charge on any atom is -0.358 e. The van der Waals surface area contributed by atoms with E-state index in [1.54, 1.807) is 7.05 Å². The normalized spacial score (nSPS) is 21.1. The van der Waals surface area contributed by atoms with Gasteiger partial charge in [0.2, 0.25) is 5.91 Å². The Morgan fingerprint density at radius 1 is 1.24 bits per heavy atom. The van der Waals surface area contributed by atoms with Crippen molar-refractivity contribution >= 4 is 11.9 Å². The van der Waals surface area contributed by atoms with Gasteiger partial charge in [0.15, 0.2) is 5.96 Å². The summed E-state index contributed by atoms with van der Waals surface area (Å²) in [5.41, 5.74) is 0. The Hall–Kier alpha value is -1.30. The minimum absolute atomic E-state index is 0.0963. The van der Waals surface area contributed by atoms with E-state index in [9.17, 15) is 4.79 Å². The number of rotatable bonds is 6. The van der Waals surface area contributed by atoms with Crippen molar-refractivity contribution in [3.8, 4) is 0 Å². The summed E-state index contributed by atoms with van der Waals surface area (Å²) in [5.74, 6) is 1.96. The Bertz CT molecular complexity index is 359. The molecule has 1 saturated carbocycles. The molecule has 0 aromatic rings. The fraction of sp³-hybridized carbons (Fsp3) is 0.867. The van der Waals surface area contributed by atoms with Crippen molar-refractivity contribution in [2.45, 2.75) is 38.1 Å². The summed E-state index contributed by atoms with van der Waals surface area (Å²) in [6.07, 6.45) is 6.17. The van der Waals surface area contributed by atoms with Gasteiger partial charge in [-0.05, 0) is 25.2 Å². The van der Waals surface area contributed by atoms with Crippen LogP contribution in [0, 0.1) is 5.92 Å². The van der Waals surface area contributed by atoms with Gasteiger partial charge in [-0.3, -0.25) is 14.7 Å². The number of nitrogens with one attached hydrogen (secondary N) is 3. The number of carbonyl (C=O) groups excluding carboxylic acids is 1. The van der Waals surface area contributed by atoms with Gasteiger partial charge in [0.05, 0.1) is 6.54 Å². The quantitative estimate of drug-likeness (QED) is 0.482. The highest BCUT2D eigenvalue weighted by Crippen LogP contribution is 2.31. The molecule has 0 radical (unpaired) electrons. The Morgan fingerprint density at radius 3 is 2.52 bits per heavy atom. The van der Waals surface area contributed by atoms with E-state index in [0.717, 1.165) is 44.4 Å². The number of nitrogens with zero attached hydrogens (tertiary/aromatic N) is 2. The van der Waals surface area contributed by atoms with Crippen LogP contribution in [0.15, 0.2) is 4.99 Å². The molecule has 1 saturated heterocycles. The first-order chi connectivity index (χ1) is 10.2. The molecule has 2 fully saturated rings. The molecule has 1 amide bonds. The van der Waals surface area contributed by atoms with Crippen LogP contribution < -0.4 is 16.0 Å². The summed E-state index contributed by atoms with van der Waals surface area (Å²) in [7, 11) is 3.51. The van der Waals surface area contributed by atoms with Crippen LogP contribution >= 0.6 is 0 Å². The van der Waals surface area contributed by atoms with Crippen LogP contribution in [0.5, 0.6) is 0 Å². The molecule has 0 bridgehead atoms. The fourth-order valence-electron chi connectivity index (χ4n) is 2.71. The predicted octanol–water partition coefficient (Wildman–Crippen LogP) is 0.162. The van der Waals surface area contributed by atoms with Gasteiger partial charge in [0.25, 0.3) is 0 Å². The van der Waals surface area contributed by atoms with E-state index in [0.29, 0.717) is 12.6 Å². The largest absolute Gasteiger partial charge is 0.358 e. The first-order valence-corrected chi connectivity index (χ1v) is 8.11. The number of hydrogen-bond acceptors (Lipinski definition) is 3. The Labute approximate surface area is 127 Å². The summed E-state index contributed by atoms with van der Waals surface area (Å²) >= 11 is 0. The molecule has 2 rings (SSSR count). The molecule has 1 aliphatic heterocycles. The van der Waals surface area contributed by atoms with Crippen molar-refractivity contribution in [2.75, 3.05) is 40.3 Å². The van der Waals surface area contributed by atoms with Crippen molar-refractivity contribution in [1.82, 2.24) is 20.9 Å². The summed E-state index contributed by atoms with van der Waals surface area (Å²) in [5, 5.41) is 9.58. The second-order valence-corrected chi connectivity index (χ2v) is 6.10. The standard InChI is InChI=1S/C15H29N5O/c1-16-14(21)11-20-9-6-13(7-10-20)19-15(17-2)18-8-5-12-3-4-12/h12-13H,3-11H2,1-2H3,(H,16,21)(H2,17,18,19). The molecule has 0 unspecified atom stereocenters. The zero-order chi connectivity index (χ0) is 15.1. The van der Waals surface area contributed by atoms with Crippen LogP contribution in [0.1, 0.15) is 32.1 Å². The lowest BCUT2D eigenvalue weighted by atomic mass is 10.1. The van der Waals surface area contributed by atoms with Crippen LogP contribution in [0.2, 0.25) is 0 Å². The molecule has 1 aliphatic carbocycles. The third kappa shape index (κ3) is 5.91. The molecule has 6 nitrogen and oxygen atoms in total. The summed E-state index contributed by atoms with van der Waals surface area (Å²) in [6, 6.07) is 0.457. The molecule has 2 aliphatic rings. The van der Waals surface area contributed by atoms with E-state index in [2.05, 4.69) is 25.8 Å². The van der Waals surface area contributed by atoms with E-state index in [1.165, 1.54) is 19.3 Å². The van der Waals surface area contributed by atoms with Gasteiger partial charge < -0.3 is 16.0 Å². The lowest BCUT2D eigenvalue weighted by Gasteiger charge is -2.32. The minimum atomic E-state index is 0.0963. The van der Waals surface area contributed by atoms with Crippen LogP contribution in [0.25, 0.3) is 0 Å². The van der Waals surface area contributed by atoms with Gasteiger partial charge in [0, 0.05) is 39.8 Å². The maximum Gasteiger partial charge on any atom is 0.233 e.